The summed E-state index contributed by atoms with van der Waals surface area (Å²) < 4.78 is 12.6. The molecule has 1 aromatic carbocycles. The minimum Gasteiger partial charge on any atom is -0.442 e. The van der Waals surface area contributed by atoms with Gasteiger partial charge in [-0.1, -0.05) is 0 Å². The third-order valence-electron chi connectivity index (χ3n) is 3.88. The van der Waals surface area contributed by atoms with Crippen molar-refractivity contribution in [3.8, 4) is 0 Å². The number of rotatable bonds is 6. The molecular weight excluding hydrogens is 344 g/mol. The Morgan fingerprint density at radius 1 is 1.50 bits per heavy atom. The first kappa shape index (κ1) is 17.8. The van der Waals surface area contributed by atoms with E-state index in [4.69, 9.17) is 19.1 Å². The van der Waals surface area contributed by atoms with Crippen LogP contribution in [0.1, 0.15) is 6.92 Å². The smallest absolute Gasteiger partial charge is 0.414 e. The number of nitrogens with zero attached hydrogens (tertiary/aromatic N) is 3. The van der Waals surface area contributed by atoms with Crippen molar-refractivity contribution in [2.45, 2.75) is 13.0 Å². The Hall–Kier alpha value is -3.01. The Bertz CT molecular complexity index is 886. The highest BCUT2D eigenvalue weighted by Gasteiger charge is 2.32. The molecule has 0 spiro atoms. The van der Waals surface area contributed by atoms with Gasteiger partial charge in [0.1, 0.15) is 12.7 Å². The first-order chi connectivity index (χ1) is 12.5. The molecular formula is C16H20N4O6. The molecule has 1 saturated heterocycles. The second-order valence-corrected chi connectivity index (χ2v) is 5.80. The molecule has 3 rings (SSSR count). The third kappa shape index (κ3) is 3.64. The number of fused-ring (bicyclic) bond motifs is 1. The average Bonchev–Trinajstić information content (AvgIpc) is 3.13. The molecule has 140 valence electrons. The third-order valence-corrected chi connectivity index (χ3v) is 3.88. The SMILES string of the molecule is CC(=O)NC[C@H]1CN(c2ccc3c(c2)oc(=NOCCO)n3C)C(=O)O1. The number of benzene rings is 1. The standard InChI is InChI=1S/C16H20N4O6/c1-10(22)17-8-12-9-20(16(23)25-12)11-3-4-13-14(7-11)26-15(19(13)2)18-24-6-5-21/h3-4,7,12,21H,5-6,8-9H2,1-2H3,(H,17,22)/t12-/m0/s1. The molecule has 2 heterocycles. The van der Waals surface area contributed by atoms with Crippen LogP contribution < -0.4 is 15.9 Å². The van der Waals surface area contributed by atoms with Crippen LogP contribution in [0.5, 0.6) is 0 Å². The maximum atomic E-state index is 12.1. The van der Waals surface area contributed by atoms with E-state index in [1.165, 1.54) is 11.8 Å². The van der Waals surface area contributed by atoms with Gasteiger partial charge in [-0.2, -0.15) is 0 Å². The highest BCUT2D eigenvalue weighted by molar-refractivity contribution is 5.92. The predicted molar refractivity (Wildman–Crippen MR) is 90.1 cm³/mol. The van der Waals surface area contributed by atoms with E-state index in [9.17, 15) is 9.59 Å². The Morgan fingerprint density at radius 3 is 3.04 bits per heavy atom. The zero-order valence-electron chi connectivity index (χ0n) is 14.5. The van der Waals surface area contributed by atoms with E-state index in [1.807, 2.05) is 0 Å². The van der Waals surface area contributed by atoms with Crippen LogP contribution in [-0.2, 0) is 21.4 Å². The number of aliphatic hydroxyl groups is 1. The number of amides is 2. The van der Waals surface area contributed by atoms with Gasteiger partial charge in [0.15, 0.2) is 5.58 Å². The van der Waals surface area contributed by atoms with Gasteiger partial charge in [-0.3, -0.25) is 14.3 Å². The summed E-state index contributed by atoms with van der Waals surface area (Å²) in [4.78, 5) is 29.5. The minimum atomic E-state index is -0.480. The van der Waals surface area contributed by atoms with Gasteiger partial charge >= 0.3 is 11.8 Å². The zero-order valence-corrected chi connectivity index (χ0v) is 14.5. The van der Waals surface area contributed by atoms with E-state index in [0.29, 0.717) is 17.8 Å². The molecule has 0 saturated carbocycles. The van der Waals surface area contributed by atoms with Crippen LogP contribution in [-0.4, -0.2) is 54.1 Å². The lowest BCUT2D eigenvalue weighted by molar-refractivity contribution is -0.119. The number of oxazole rings is 1. The van der Waals surface area contributed by atoms with Gasteiger partial charge < -0.3 is 24.4 Å². The summed E-state index contributed by atoms with van der Waals surface area (Å²) in [5.41, 5.74) is 2.14. The number of carbonyl (C=O) groups is 2. The van der Waals surface area contributed by atoms with Crippen molar-refractivity contribution in [2.75, 3.05) is 31.2 Å². The molecule has 1 aromatic heterocycles. The number of nitrogens with one attached hydrogen (secondary N) is 1. The van der Waals surface area contributed by atoms with Crippen molar-refractivity contribution in [3.05, 3.63) is 23.9 Å². The summed E-state index contributed by atoms with van der Waals surface area (Å²) >= 11 is 0. The lowest BCUT2D eigenvalue weighted by Gasteiger charge is -2.12. The summed E-state index contributed by atoms with van der Waals surface area (Å²) in [6.45, 7) is 1.92. The molecule has 2 N–H and O–H groups in total. The molecule has 10 heteroatoms. The van der Waals surface area contributed by atoms with Crippen molar-refractivity contribution in [3.63, 3.8) is 0 Å². The minimum absolute atomic E-state index is 0.0671. The molecule has 0 unspecified atom stereocenters. The van der Waals surface area contributed by atoms with Gasteiger partial charge in [-0.25, -0.2) is 4.79 Å². The van der Waals surface area contributed by atoms with Crippen LogP contribution in [0, 0.1) is 0 Å². The van der Waals surface area contributed by atoms with Crippen molar-refractivity contribution in [1.29, 1.82) is 0 Å². The highest BCUT2D eigenvalue weighted by Crippen LogP contribution is 2.25. The van der Waals surface area contributed by atoms with E-state index in [1.54, 1.807) is 29.8 Å². The normalized spacial score (nSPS) is 17.7. The molecule has 1 atom stereocenters. The maximum Gasteiger partial charge on any atom is 0.414 e. The van der Waals surface area contributed by atoms with Crippen LogP contribution in [0.4, 0.5) is 10.5 Å². The van der Waals surface area contributed by atoms with E-state index in [-0.39, 0.29) is 31.4 Å². The van der Waals surface area contributed by atoms with Gasteiger partial charge in [0.05, 0.1) is 30.9 Å². The van der Waals surface area contributed by atoms with Gasteiger partial charge in [0, 0.05) is 20.0 Å². The Balaban J connectivity index is 1.81. The topological polar surface area (TPSA) is 119 Å². The number of hydrogen-bond donors (Lipinski definition) is 2. The number of hydrogen-bond acceptors (Lipinski definition) is 7. The van der Waals surface area contributed by atoms with Gasteiger partial charge in [-0.15, -0.1) is 0 Å². The molecule has 0 aliphatic carbocycles. The molecule has 26 heavy (non-hydrogen) atoms. The van der Waals surface area contributed by atoms with Crippen LogP contribution in [0.25, 0.3) is 11.1 Å². The Morgan fingerprint density at radius 2 is 2.31 bits per heavy atom. The van der Waals surface area contributed by atoms with Crippen LogP contribution >= 0.6 is 0 Å². The second-order valence-electron chi connectivity index (χ2n) is 5.80. The number of carbonyl (C=O) groups excluding carboxylic acids is 2. The maximum absolute atomic E-state index is 12.1. The van der Waals surface area contributed by atoms with Gasteiger partial charge in [0.2, 0.25) is 5.91 Å². The largest absolute Gasteiger partial charge is 0.442 e. The summed E-state index contributed by atoms with van der Waals surface area (Å²) in [6.07, 6.45) is -0.890. The fourth-order valence-electron chi connectivity index (χ4n) is 2.62. The second kappa shape index (κ2) is 7.48. The average molecular weight is 364 g/mol. The molecule has 0 bridgehead atoms. The molecule has 2 amide bonds. The van der Waals surface area contributed by atoms with E-state index < -0.39 is 12.2 Å². The number of aliphatic hydroxyl groups excluding tert-OH is 1. The number of aromatic nitrogens is 1. The summed E-state index contributed by atoms with van der Waals surface area (Å²) in [5.74, 6) is -0.177. The fourth-order valence-corrected chi connectivity index (χ4v) is 2.62. The van der Waals surface area contributed by atoms with Crippen molar-refractivity contribution in [2.24, 2.45) is 12.2 Å². The quantitative estimate of drug-likeness (QED) is 0.553. The Kier molecular flexibility index (Phi) is 5.12. The van der Waals surface area contributed by atoms with Gasteiger partial charge in [0.25, 0.3) is 0 Å². The lowest BCUT2D eigenvalue weighted by Crippen LogP contribution is -2.33. The van der Waals surface area contributed by atoms with E-state index in [2.05, 4.69) is 10.5 Å². The summed E-state index contributed by atoms with van der Waals surface area (Å²) in [6, 6.07) is 5.29. The fraction of sp³-hybridized carbons (Fsp3) is 0.438. The number of ether oxygens (including phenoxy) is 1. The molecule has 10 nitrogen and oxygen atoms in total. The highest BCUT2D eigenvalue weighted by atomic mass is 16.6. The number of aryl methyl sites for hydroxylation is 1. The molecule has 0 radical (unpaired) electrons. The number of anilines is 1. The molecule has 1 fully saturated rings. The monoisotopic (exact) mass is 364 g/mol. The predicted octanol–water partition coefficient (Wildman–Crippen LogP) is 0.0572. The van der Waals surface area contributed by atoms with E-state index >= 15 is 0 Å². The van der Waals surface area contributed by atoms with Gasteiger partial charge in [-0.05, 0) is 17.3 Å². The summed E-state index contributed by atoms with van der Waals surface area (Å²) in [7, 11) is 1.76. The molecule has 1 aliphatic heterocycles. The zero-order chi connectivity index (χ0) is 18.7. The Labute approximate surface area is 148 Å². The molecule has 2 aromatic rings. The van der Waals surface area contributed by atoms with E-state index in [0.717, 1.165) is 5.52 Å². The first-order valence-corrected chi connectivity index (χ1v) is 8.08. The van der Waals surface area contributed by atoms with Crippen LogP contribution in [0.2, 0.25) is 0 Å². The van der Waals surface area contributed by atoms with Crippen molar-refractivity contribution in [1.82, 2.24) is 9.88 Å². The molecule has 1 aliphatic rings. The van der Waals surface area contributed by atoms with Crippen molar-refractivity contribution < 1.29 is 28.7 Å². The first-order valence-electron chi connectivity index (χ1n) is 8.08. The lowest BCUT2D eigenvalue weighted by atomic mass is 10.2. The summed E-state index contributed by atoms with van der Waals surface area (Å²) in [5, 5.41) is 15.2. The van der Waals surface area contributed by atoms with Crippen LogP contribution in [0.3, 0.4) is 0 Å². The number of cyclic esters (lactones) is 1. The van der Waals surface area contributed by atoms with Crippen LogP contribution in [0.15, 0.2) is 27.8 Å². The van der Waals surface area contributed by atoms with Crippen molar-refractivity contribution >= 4 is 28.8 Å².